The van der Waals surface area contributed by atoms with E-state index in [1.807, 2.05) is 0 Å². The molecule has 1 aliphatic heterocycles. The van der Waals surface area contributed by atoms with Gasteiger partial charge in [-0.05, 0) is 43.7 Å². The van der Waals surface area contributed by atoms with Crippen molar-refractivity contribution in [3.63, 3.8) is 0 Å². The molecule has 2 rings (SSSR count). The van der Waals surface area contributed by atoms with Crippen LogP contribution in [0.5, 0.6) is 5.75 Å². The van der Waals surface area contributed by atoms with Gasteiger partial charge in [0.15, 0.2) is 0 Å². The fraction of sp³-hybridized carbons (Fsp3) is 0.500. The van der Waals surface area contributed by atoms with Crippen LogP contribution in [0.15, 0.2) is 24.3 Å². The van der Waals surface area contributed by atoms with Gasteiger partial charge in [-0.3, -0.25) is 4.79 Å². The first-order valence-electron chi connectivity index (χ1n) is 6.53. The Morgan fingerprint density at radius 3 is 2.75 bits per heavy atom. The Labute approximate surface area is 124 Å². The minimum atomic E-state index is -0.285. The van der Waals surface area contributed by atoms with Crippen LogP contribution in [-0.4, -0.2) is 43.6 Å². The molecule has 1 heterocycles. The standard InChI is InChI=1S/C14H19FN2O2.ClH/c1-17(14(18)13-3-2-8-16-13)9-10-19-12-6-4-11(15)5-7-12;/h4-7,13,16H,2-3,8-10H2,1H3;1H/t13-;/m0./s1. The second-order valence-corrected chi connectivity index (χ2v) is 4.71. The van der Waals surface area contributed by atoms with Crippen LogP contribution in [0.1, 0.15) is 12.8 Å². The number of ether oxygens (including phenoxy) is 1. The van der Waals surface area contributed by atoms with Gasteiger partial charge in [0.05, 0.1) is 12.6 Å². The number of likely N-dealkylation sites (N-methyl/N-ethyl adjacent to an activating group) is 1. The molecule has 0 aromatic heterocycles. The van der Waals surface area contributed by atoms with E-state index >= 15 is 0 Å². The Bertz CT molecular complexity index is 422. The second-order valence-electron chi connectivity index (χ2n) is 4.71. The van der Waals surface area contributed by atoms with E-state index in [0.29, 0.717) is 18.9 Å². The Hall–Kier alpha value is -1.33. The number of rotatable bonds is 5. The first-order valence-corrected chi connectivity index (χ1v) is 6.53. The van der Waals surface area contributed by atoms with Gasteiger partial charge < -0.3 is 15.0 Å². The maximum atomic E-state index is 12.7. The number of benzene rings is 1. The van der Waals surface area contributed by atoms with Crippen LogP contribution in [0.4, 0.5) is 4.39 Å². The lowest BCUT2D eigenvalue weighted by Crippen LogP contribution is -2.43. The molecule has 112 valence electrons. The number of hydrogen-bond acceptors (Lipinski definition) is 3. The molecule has 0 unspecified atom stereocenters. The van der Waals surface area contributed by atoms with Crippen molar-refractivity contribution in [1.29, 1.82) is 0 Å². The molecule has 1 N–H and O–H groups in total. The molecule has 4 nitrogen and oxygen atoms in total. The zero-order valence-electron chi connectivity index (χ0n) is 11.5. The van der Waals surface area contributed by atoms with Gasteiger partial charge in [0.25, 0.3) is 0 Å². The van der Waals surface area contributed by atoms with Crippen molar-refractivity contribution in [2.75, 3.05) is 26.7 Å². The number of carbonyl (C=O) groups excluding carboxylic acids is 1. The van der Waals surface area contributed by atoms with E-state index in [1.54, 1.807) is 24.1 Å². The van der Waals surface area contributed by atoms with Gasteiger partial charge in [0.1, 0.15) is 18.2 Å². The zero-order valence-corrected chi connectivity index (χ0v) is 12.3. The average Bonchev–Trinajstić information content (AvgIpc) is 2.94. The van der Waals surface area contributed by atoms with E-state index < -0.39 is 0 Å². The molecule has 0 bridgehead atoms. The van der Waals surface area contributed by atoms with Gasteiger partial charge >= 0.3 is 0 Å². The SMILES string of the molecule is CN(CCOc1ccc(F)cc1)C(=O)[C@@H]1CCCN1.Cl. The van der Waals surface area contributed by atoms with Crippen molar-refractivity contribution < 1.29 is 13.9 Å². The molecule has 1 atom stereocenters. The number of nitrogens with zero attached hydrogens (tertiary/aromatic N) is 1. The lowest BCUT2D eigenvalue weighted by molar-refractivity contribution is -0.132. The molecule has 1 amide bonds. The summed E-state index contributed by atoms with van der Waals surface area (Å²) in [6.45, 7) is 1.84. The third-order valence-corrected chi connectivity index (χ3v) is 3.24. The van der Waals surface area contributed by atoms with Crippen molar-refractivity contribution in [2.45, 2.75) is 18.9 Å². The molecule has 1 saturated heterocycles. The molecule has 0 spiro atoms. The largest absolute Gasteiger partial charge is 0.492 e. The van der Waals surface area contributed by atoms with Crippen molar-refractivity contribution in [3.05, 3.63) is 30.1 Å². The van der Waals surface area contributed by atoms with Crippen molar-refractivity contribution in [2.24, 2.45) is 0 Å². The molecule has 1 fully saturated rings. The molecule has 0 saturated carbocycles. The normalized spacial score (nSPS) is 17.4. The summed E-state index contributed by atoms with van der Waals surface area (Å²) in [5.74, 6) is 0.438. The van der Waals surface area contributed by atoms with E-state index in [-0.39, 0.29) is 30.2 Å². The number of halogens is 2. The summed E-state index contributed by atoms with van der Waals surface area (Å²) in [5, 5.41) is 3.18. The van der Waals surface area contributed by atoms with Crippen LogP contribution >= 0.6 is 12.4 Å². The first-order chi connectivity index (χ1) is 9.16. The third kappa shape index (κ3) is 4.65. The Morgan fingerprint density at radius 1 is 1.45 bits per heavy atom. The highest BCUT2D eigenvalue weighted by molar-refractivity contribution is 5.85. The molecule has 1 aromatic rings. The van der Waals surface area contributed by atoms with E-state index in [4.69, 9.17) is 4.74 Å². The highest BCUT2D eigenvalue weighted by Crippen LogP contribution is 2.11. The highest BCUT2D eigenvalue weighted by Gasteiger charge is 2.24. The van der Waals surface area contributed by atoms with E-state index in [1.165, 1.54) is 12.1 Å². The van der Waals surface area contributed by atoms with Crippen LogP contribution in [0.3, 0.4) is 0 Å². The first kappa shape index (κ1) is 16.7. The van der Waals surface area contributed by atoms with Crippen LogP contribution in [-0.2, 0) is 4.79 Å². The molecule has 1 aromatic carbocycles. The Morgan fingerprint density at radius 2 is 2.15 bits per heavy atom. The Kier molecular flexibility index (Phi) is 6.75. The van der Waals surface area contributed by atoms with Crippen LogP contribution in [0, 0.1) is 5.82 Å². The number of amides is 1. The predicted octanol–water partition coefficient (Wildman–Crippen LogP) is 1.84. The lowest BCUT2D eigenvalue weighted by atomic mass is 10.2. The summed E-state index contributed by atoms with van der Waals surface area (Å²) in [6.07, 6.45) is 1.96. The maximum Gasteiger partial charge on any atom is 0.239 e. The minimum absolute atomic E-state index is 0. The second kappa shape index (κ2) is 8.07. The Balaban J connectivity index is 0.00000200. The summed E-state index contributed by atoms with van der Waals surface area (Å²) in [6, 6.07) is 5.82. The van der Waals surface area contributed by atoms with Crippen molar-refractivity contribution in [1.82, 2.24) is 10.2 Å². The monoisotopic (exact) mass is 302 g/mol. The molecular formula is C14H20ClFN2O2. The summed E-state index contributed by atoms with van der Waals surface area (Å²) < 4.78 is 18.2. The van der Waals surface area contributed by atoms with Gasteiger partial charge in [-0.25, -0.2) is 4.39 Å². The fourth-order valence-electron chi connectivity index (χ4n) is 2.10. The third-order valence-electron chi connectivity index (χ3n) is 3.24. The van der Waals surface area contributed by atoms with Crippen LogP contribution in [0.25, 0.3) is 0 Å². The smallest absolute Gasteiger partial charge is 0.239 e. The lowest BCUT2D eigenvalue weighted by Gasteiger charge is -2.21. The fourth-order valence-corrected chi connectivity index (χ4v) is 2.10. The molecular weight excluding hydrogens is 283 g/mol. The topological polar surface area (TPSA) is 41.6 Å². The number of hydrogen-bond donors (Lipinski definition) is 1. The maximum absolute atomic E-state index is 12.7. The molecule has 0 radical (unpaired) electrons. The molecule has 20 heavy (non-hydrogen) atoms. The van der Waals surface area contributed by atoms with Crippen molar-refractivity contribution in [3.8, 4) is 5.75 Å². The van der Waals surface area contributed by atoms with Gasteiger partial charge in [0, 0.05) is 7.05 Å². The summed E-state index contributed by atoms with van der Waals surface area (Å²) >= 11 is 0. The number of nitrogens with one attached hydrogen (secondary N) is 1. The van der Waals surface area contributed by atoms with E-state index in [9.17, 15) is 9.18 Å². The quantitative estimate of drug-likeness (QED) is 0.902. The summed E-state index contributed by atoms with van der Waals surface area (Å²) in [4.78, 5) is 13.7. The van der Waals surface area contributed by atoms with E-state index in [0.717, 1.165) is 19.4 Å². The highest BCUT2D eigenvalue weighted by atomic mass is 35.5. The average molecular weight is 303 g/mol. The van der Waals surface area contributed by atoms with Gasteiger partial charge in [0.2, 0.25) is 5.91 Å². The van der Waals surface area contributed by atoms with Crippen LogP contribution in [0.2, 0.25) is 0 Å². The van der Waals surface area contributed by atoms with Gasteiger partial charge in [-0.15, -0.1) is 12.4 Å². The molecule has 1 aliphatic rings. The summed E-state index contributed by atoms with van der Waals surface area (Å²) in [7, 11) is 1.77. The van der Waals surface area contributed by atoms with Gasteiger partial charge in [-0.2, -0.15) is 0 Å². The molecule has 6 heteroatoms. The molecule has 0 aliphatic carbocycles. The minimum Gasteiger partial charge on any atom is -0.492 e. The van der Waals surface area contributed by atoms with Gasteiger partial charge in [-0.1, -0.05) is 0 Å². The van der Waals surface area contributed by atoms with Crippen LogP contribution < -0.4 is 10.1 Å². The zero-order chi connectivity index (χ0) is 13.7. The van der Waals surface area contributed by atoms with Crippen molar-refractivity contribution >= 4 is 18.3 Å². The predicted molar refractivity (Wildman–Crippen MR) is 77.8 cm³/mol. The summed E-state index contributed by atoms with van der Waals surface area (Å²) in [5.41, 5.74) is 0. The number of carbonyl (C=O) groups is 1. The van der Waals surface area contributed by atoms with E-state index in [2.05, 4.69) is 5.32 Å².